The monoisotopic (exact) mass is 304 g/mol. The van der Waals surface area contributed by atoms with Crippen LogP contribution in [0.2, 0.25) is 5.02 Å². The summed E-state index contributed by atoms with van der Waals surface area (Å²) < 4.78 is 5.68. The molecule has 2 rings (SSSR count). The first kappa shape index (κ1) is 15.4. The van der Waals surface area contributed by atoms with Gasteiger partial charge < -0.3 is 9.84 Å². The molecule has 0 unspecified atom stereocenters. The first-order valence-electron chi connectivity index (χ1n) is 6.58. The van der Waals surface area contributed by atoms with E-state index < -0.39 is 5.97 Å². The van der Waals surface area contributed by atoms with Crippen molar-refractivity contribution >= 4 is 17.6 Å². The van der Waals surface area contributed by atoms with Crippen LogP contribution in [0.3, 0.4) is 0 Å². The number of hydrogen-bond acceptors (Lipinski definition) is 2. The van der Waals surface area contributed by atoms with Crippen LogP contribution in [-0.2, 0) is 5.41 Å². The average molecular weight is 305 g/mol. The van der Waals surface area contributed by atoms with Crippen molar-refractivity contribution in [2.75, 3.05) is 0 Å². The molecule has 0 aliphatic heterocycles. The molecule has 2 aromatic rings. The molecule has 0 heterocycles. The number of halogens is 1. The Bertz CT molecular complexity index is 655. The minimum absolute atomic E-state index is 0.0621. The van der Waals surface area contributed by atoms with E-state index in [4.69, 9.17) is 21.4 Å². The van der Waals surface area contributed by atoms with E-state index in [0.29, 0.717) is 11.5 Å². The lowest BCUT2D eigenvalue weighted by atomic mass is 9.87. The van der Waals surface area contributed by atoms with Crippen LogP contribution in [0, 0.1) is 0 Å². The van der Waals surface area contributed by atoms with Gasteiger partial charge in [-0.25, -0.2) is 4.79 Å². The quantitative estimate of drug-likeness (QED) is 0.855. The topological polar surface area (TPSA) is 46.5 Å². The van der Waals surface area contributed by atoms with Gasteiger partial charge in [0.1, 0.15) is 11.5 Å². The molecule has 110 valence electrons. The fraction of sp³-hybridized carbons (Fsp3) is 0.235. The molecule has 1 N–H and O–H groups in total. The Hall–Kier alpha value is -2.00. The highest BCUT2D eigenvalue weighted by atomic mass is 35.5. The third kappa shape index (κ3) is 3.76. The molecule has 0 amide bonds. The minimum Gasteiger partial charge on any atom is -0.478 e. The molecule has 0 saturated carbocycles. The molecule has 3 nitrogen and oxygen atoms in total. The maximum atomic E-state index is 10.9. The Morgan fingerprint density at radius 3 is 2.10 bits per heavy atom. The zero-order valence-corrected chi connectivity index (χ0v) is 12.9. The second kappa shape index (κ2) is 5.78. The van der Waals surface area contributed by atoms with Crippen molar-refractivity contribution in [3.05, 3.63) is 58.6 Å². The molecule has 0 fully saturated rings. The van der Waals surface area contributed by atoms with Crippen LogP contribution in [0.15, 0.2) is 42.5 Å². The summed E-state index contributed by atoms with van der Waals surface area (Å²) in [5.74, 6) is 0.136. The molecule has 4 heteroatoms. The third-order valence-corrected chi connectivity index (χ3v) is 3.44. The van der Waals surface area contributed by atoms with Crippen LogP contribution >= 0.6 is 11.6 Å². The van der Waals surface area contributed by atoms with Gasteiger partial charge in [0.05, 0.1) is 10.6 Å². The molecular weight excluding hydrogens is 288 g/mol. The number of carboxylic acids is 1. The predicted molar refractivity (Wildman–Crippen MR) is 83.6 cm³/mol. The molecule has 2 aromatic carbocycles. The number of rotatable bonds is 3. The highest BCUT2D eigenvalue weighted by molar-refractivity contribution is 6.33. The van der Waals surface area contributed by atoms with Crippen LogP contribution in [0.5, 0.6) is 11.5 Å². The Labute approximate surface area is 129 Å². The Morgan fingerprint density at radius 2 is 1.62 bits per heavy atom. The van der Waals surface area contributed by atoms with Gasteiger partial charge in [0, 0.05) is 6.07 Å². The van der Waals surface area contributed by atoms with E-state index in [1.165, 1.54) is 17.7 Å². The summed E-state index contributed by atoms with van der Waals surface area (Å²) in [4.78, 5) is 10.9. The van der Waals surface area contributed by atoms with E-state index in [2.05, 4.69) is 20.8 Å². The number of carboxylic acid groups (broad SMARTS) is 1. The van der Waals surface area contributed by atoms with Crippen LogP contribution in [0.25, 0.3) is 0 Å². The lowest BCUT2D eigenvalue weighted by Crippen LogP contribution is -2.10. The van der Waals surface area contributed by atoms with Gasteiger partial charge in [0.25, 0.3) is 0 Å². The minimum atomic E-state index is -1.05. The summed E-state index contributed by atoms with van der Waals surface area (Å²) in [6.45, 7) is 6.44. The maximum absolute atomic E-state index is 10.9. The number of ether oxygens (including phenoxy) is 1. The van der Waals surface area contributed by atoms with Crippen molar-refractivity contribution in [2.24, 2.45) is 0 Å². The summed E-state index contributed by atoms with van der Waals surface area (Å²) in [6, 6.07) is 12.3. The van der Waals surface area contributed by atoms with Crippen molar-refractivity contribution < 1.29 is 14.6 Å². The number of hydrogen-bond donors (Lipinski definition) is 1. The van der Waals surface area contributed by atoms with Gasteiger partial charge in [-0.1, -0.05) is 44.5 Å². The van der Waals surface area contributed by atoms with Gasteiger partial charge in [-0.2, -0.15) is 0 Å². The van der Waals surface area contributed by atoms with Gasteiger partial charge in [-0.3, -0.25) is 0 Å². The van der Waals surface area contributed by atoms with E-state index in [9.17, 15) is 4.79 Å². The average Bonchev–Trinajstić information content (AvgIpc) is 2.38. The van der Waals surface area contributed by atoms with Crippen LogP contribution < -0.4 is 4.74 Å². The number of aromatic carboxylic acids is 1. The van der Waals surface area contributed by atoms with E-state index in [1.54, 1.807) is 6.07 Å². The van der Waals surface area contributed by atoms with E-state index in [0.717, 1.165) is 0 Å². The van der Waals surface area contributed by atoms with E-state index >= 15 is 0 Å². The highest BCUT2D eigenvalue weighted by Gasteiger charge is 2.13. The summed E-state index contributed by atoms with van der Waals surface area (Å²) in [6.07, 6.45) is 0. The molecule has 0 aliphatic carbocycles. The fourth-order valence-electron chi connectivity index (χ4n) is 1.89. The molecule has 21 heavy (non-hydrogen) atoms. The molecule has 0 aliphatic rings. The van der Waals surface area contributed by atoms with Gasteiger partial charge in [0.15, 0.2) is 0 Å². The van der Waals surface area contributed by atoms with Crippen LogP contribution in [-0.4, -0.2) is 11.1 Å². The van der Waals surface area contributed by atoms with E-state index in [1.807, 2.05) is 24.3 Å². The van der Waals surface area contributed by atoms with Gasteiger partial charge in [0.2, 0.25) is 0 Å². The second-order valence-electron chi connectivity index (χ2n) is 5.82. The molecule has 0 spiro atoms. The number of carbonyl (C=O) groups is 1. The van der Waals surface area contributed by atoms with Crippen molar-refractivity contribution in [1.29, 1.82) is 0 Å². The van der Waals surface area contributed by atoms with Crippen molar-refractivity contribution in [3.63, 3.8) is 0 Å². The lowest BCUT2D eigenvalue weighted by molar-refractivity contribution is 0.0697. The molecule has 0 bridgehead atoms. The zero-order valence-electron chi connectivity index (χ0n) is 12.2. The smallest absolute Gasteiger partial charge is 0.337 e. The SMILES string of the molecule is CC(C)(C)c1ccc(Oc2ccc(C(=O)O)c(Cl)c2)cc1. The van der Waals surface area contributed by atoms with Crippen LogP contribution in [0.4, 0.5) is 0 Å². The summed E-state index contributed by atoms with van der Waals surface area (Å²) >= 11 is 5.91. The van der Waals surface area contributed by atoms with E-state index in [-0.39, 0.29) is 16.0 Å². The fourth-order valence-corrected chi connectivity index (χ4v) is 2.14. The first-order valence-corrected chi connectivity index (χ1v) is 6.96. The Kier molecular flexibility index (Phi) is 4.24. The second-order valence-corrected chi connectivity index (χ2v) is 6.23. The largest absolute Gasteiger partial charge is 0.478 e. The Morgan fingerprint density at radius 1 is 1.05 bits per heavy atom. The number of benzene rings is 2. The molecule has 0 atom stereocenters. The van der Waals surface area contributed by atoms with Gasteiger partial charge in [-0.15, -0.1) is 0 Å². The first-order chi connectivity index (χ1) is 9.77. The van der Waals surface area contributed by atoms with Crippen molar-refractivity contribution in [1.82, 2.24) is 0 Å². The Balaban J connectivity index is 2.19. The van der Waals surface area contributed by atoms with Gasteiger partial charge >= 0.3 is 5.97 Å². The molecular formula is C17H17ClO3. The summed E-state index contributed by atoms with van der Waals surface area (Å²) in [7, 11) is 0. The van der Waals surface area contributed by atoms with Crippen molar-refractivity contribution in [2.45, 2.75) is 26.2 Å². The van der Waals surface area contributed by atoms with Gasteiger partial charge in [-0.05, 0) is 35.2 Å². The maximum Gasteiger partial charge on any atom is 0.337 e. The van der Waals surface area contributed by atoms with Crippen LogP contribution in [0.1, 0.15) is 36.7 Å². The molecule has 0 aromatic heterocycles. The zero-order chi connectivity index (χ0) is 15.6. The van der Waals surface area contributed by atoms with Crippen molar-refractivity contribution in [3.8, 4) is 11.5 Å². The molecule has 0 radical (unpaired) electrons. The highest BCUT2D eigenvalue weighted by Crippen LogP contribution is 2.29. The third-order valence-electron chi connectivity index (χ3n) is 3.13. The lowest BCUT2D eigenvalue weighted by Gasteiger charge is -2.19. The summed E-state index contributed by atoms with van der Waals surface area (Å²) in [5.41, 5.74) is 1.37. The standard InChI is InChI=1S/C17H17ClO3/c1-17(2,3)11-4-6-12(7-5-11)21-13-8-9-14(16(19)20)15(18)10-13/h4-10H,1-3H3,(H,19,20). The molecule has 0 saturated heterocycles. The summed E-state index contributed by atoms with van der Waals surface area (Å²) in [5, 5.41) is 9.09. The predicted octanol–water partition coefficient (Wildman–Crippen LogP) is 5.13. The normalized spacial score (nSPS) is 11.2.